The van der Waals surface area contributed by atoms with Gasteiger partial charge in [-0.25, -0.2) is 0 Å². The number of Topliss-reactive ketones (excluding diaryl/α,β-unsaturated/α-hetero) is 1. The molecule has 0 spiro atoms. The summed E-state index contributed by atoms with van der Waals surface area (Å²) >= 11 is 0. The summed E-state index contributed by atoms with van der Waals surface area (Å²) in [4.78, 5) is 13.6. The van der Waals surface area contributed by atoms with E-state index in [1.54, 1.807) is 0 Å². The fourth-order valence-corrected chi connectivity index (χ4v) is 5.68. The molecule has 170 valence electrons. The van der Waals surface area contributed by atoms with Crippen LogP contribution >= 0.6 is 0 Å². The van der Waals surface area contributed by atoms with Gasteiger partial charge in [0.1, 0.15) is 0 Å². The second-order valence-corrected chi connectivity index (χ2v) is 9.32. The van der Waals surface area contributed by atoms with Crippen molar-refractivity contribution in [3.05, 3.63) is 155 Å². The predicted molar refractivity (Wildman–Crippen MR) is 148 cm³/mol. The standard InChI is InChI=1S/C34H23NO/c36-34-28-17-8-7-16-27(28)33(24-11-3-1-4-12-24)30(34)22-23-19-20-32-29(21-23)26-15-9-10-18-31(26)35(32)25-13-5-2-6-14-25/h1-22,33H. The number of ketones is 1. The largest absolute Gasteiger partial charge is 0.309 e. The lowest BCUT2D eigenvalue weighted by atomic mass is 9.89. The van der Waals surface area contributed by atoms with Crippen molar-refractivity contribution in [1.29, 1.82) is 0 Å². The van der Waals surface area contributed by atoms with Crippen molar-refractivity contribution in [2.45, 2.75) is 5.92 Å². The van der Waals surface area contributed by atoms with Crippen LogP contribution in [0.3, 0.4) is 0 Å². The topological polar surface area (TPSA) is 22.0 Å². The Kier molecular flexibility index (Phi) is 4.71. The van der Waals surface area contributed by atoms with Crippen molar-refractivity contribution in [2.24, 2.45) is 0 Å². The van der Waals surface area contributed by atoms with Gasteiger partial charge in [-0.2, -0.15) is 0 Å². The van der Waals surface area contributed by atoms with Gasteiger partial charge in [0.2, 0.25) is 0 Å². The number of aromatic nitrogens is 1. The molecule has 2 nitrogen and oxygen atoms in total. The van der Waals surface area contributed by atoms with Gasteiger partial charge in [0.15, 0.2) is 5.78 Å². The maximum absolute atomic E-state index is 13.6. The highest BCUT2D eigenvalue weighted by atomic mass is 16.1. The minimum Gasteiger partial charge on any atom is -0.309 e. The molecule has 0 amide bonds. The zero-order valence-corrected chi connectivity index (χ0v) is 19.6. The fraction of sp³-hybridized carbons (Fsp3) is 0.0294. The molecule has 1 aliphatic rings. The van der Waals surface area contributed by atoms with E-state index in [0.29, 0.717) is 0 Å². The van der Waals surface area contributed by atoms with E-state index < -0.39 is 0 Å². The Hall–Kier alpha value is -4.69. The number of hydrogen-bond acceptors (Lipinski definition) is 1. The summed E-state index contributed by atoms with van der Waals surface area (Å²) in [5.41, 5.74) is 8.37. The quantitative estimate of drug-likeness (QED) is 0.244. The molecule has 0 radical (unpaired) electrons. The third-order valence-corrected chi connectivity index (χ3v) is 7.26. The number of fused-ring (bicyclic) bond motifs is 4. The van der Waals surface area contributed by atoms with Gasteiger partial charge < -0.3 is 4.57 Å². The van der Waals surface area contributed by atoms with Crippen LogP contribution in [-0.4, -0.2) is 10.4 Å². The van der Waals surface area contributed by atoms with E-state index in [-0.39, 0.29) is 11.7 Å². The number of carbonyl (C=O) groups excluding carboxylic acids is 1. The first kappa shape index (κ1) is 20.7. The van der Waals surface area contributed by atoms with Gasteiger partial charge in [0, 0.05) is 33.5 Å². The smallest absolute Gasteiger partial charge is 0.190 e. The molecule has 0 aliphatic heterocycles. The molecule has 0 saturated heterocycles. The highest BCUT2D eigenvalue weighted by Gasteiger charge is 2.35. The molecule has 5 aromatic carbocycles. The highest BCUT2D eigenvalue weighted by Crippen LogP contribution is 2.43. The Morgan fingerprint density at radius 2 is 1.28 bits per heavy atom. The van der Waals surface area contributed by atoms with E-state index in [1.165, 1.54) is 16.3 Å². The van der Waals surface area contributed by atoms with Crippen LogP contribution in [0.1, 0.15) is 33.0 Å². The van der Waals surface area contributed by atoms with Crippen LogP contribution in [0.25, 0.3) is 33.6 Å². The summed E-state index contributed by atoms with van der Waals surface area (Å²) in [5.74, 6) is 0.0579. The molecule has 1 atom stereocenters. The van der Waals surface area contributed by atoms with Crippen molar-refractivity contribution < 1.29 is 4.79 Å². The van der Waals surface area contributed by atoms with E-state index in [9.17, 15) is 4.79 Å². The summed E-state index contributed by atoms with van der Waals surface area (Å²) in [6, 6.07) is 43.9. The van der Waals surface area contributed by atoms with E-state index in [4.69, 9.17) is 0 Å². The van der Waals surface area contributed by atoms with Crippen molar-refractivity contribution in [3.63, 3.8) is 0 Å². The molecular formula is C34H23NO. The van der Waals surface area contributed by atoms with Gasteiger partial charge in [-0.05, 0) is 53.1 Å². The van der Waals surface area contributed by atoms with Crippen LogP contribution in [0.4, 0.5) is 0 Å². The van der Waals surface area contributed by atoms with Crippen molar-refractivity contribution in [3.8, 4) is 5.69 Å². The molecule has 1 heterocycles. The normalized spacial score (nSPS) is 16.2. The van der Waals surface area contributed by atoms with Gasteiger partial charge in [-0.1, -0.05) is 97.1 Å². The van der Waals surface area contributed by atoms with Gasteiger partial charge in [0.05, 0.1) is 11.0 Å². The lowest BCUT2D eigenvalue weighted by Gasteiger charge is -2.14. The number of benzene rings is 5. The zero-order chi connectivity index (χ0) is 24.1. The molecule has 2 heteroatoms. The summed E-state index contributed by atoms with van der Waals surface area (Å²) < 4.78 is 2.31. The fourth-order valence-electron chi connectivity index (χ4n) is 5.68. The van der Waals surface area contributed by atoms with Crippen molar-refractivity contribution >= 4 is 33.7 Å². The summed E-state index contributed by atoms with van der Waals surface area (Å²) in [7, 11) is 0. The lowest BCUT2D eigenvalue weighted by Crippen LogP contribution is -2.02. The highest BCUT2D eigenvalue weighted by molar-refractivity contribution is 6.18. The Balaban J connectivity index is 1.43. The molecule has 1 aromatic heterocycles. The Morgan fingerprint density at radius 3 is 2.11 bits per heavy atom. The molecular weight excluding hydrogens is 438 g/mol. The van der Waals surface area contributed by atoms with Crippen molar-refractivity contribution in [1.82, 2.24) is 4.57 Å². The molecule has 1 unspecified atom stereocenters. The van der Waals surface area contributed by atoms with E-state index in [0.717, 1.165) is 39.0 Å². The molecule has 0 saturated carbocycles. The van der Waals surface area contributed by atoms with Crippen LogP contribution in [0.2, 0.25) is 0 Å². The first-order valence-electron chi connectivity index (χ1n) is 12.3. The van der Waals surface area contributed by atoms with Crippen molar-refractivity contribution in [2.75, 3.05) is 0 Å². The molecule has 0 bridgehead atoms. The maximum Gasteiger partial charge on any atom is 0.190 e. The number of allylic oxidation sites excluding steroid dienone is 1. The van der Waals surface area contributed by atoms with Crippen LogP contribution < -0.4 is 0 Å². The third-order valence-electron chi connectivity index (χ3n) is 7.26. The zero-order valence-electron chi connectivity index (χ0n) is 19.6. The maximum atomic E-state index is 13.6. The third kappa shape index (κ3) is 3.15. The predicted octanol–water partition coefficient (Wildman–Crippen LogP) is 8.20. The van der Waals surface area contributed by atoms with Gasteiger partial charge in [-0.15, -0.1) is 0 Å². The van der Waals surface area contributed by atoms with Crippen LogP contribution in [0, 0.1) is 0 Å². The van der Waals surface area contributed by atoms with E-state index in [2.05, 4.69) is 95.6 Å². The molecule has 6 aromatic rings. The van der Waals surface area contributed by atoms with Crippen LogP contribution in [-0.2, 0) is 0 Å². The summed E-state index contributed by atoms with van der Waals surface area (Å²) in [5, 5.41) is 2.39. The van der Waals surface area contributed by atoms with Gasteiger partial charge in [-0.3, -0.25) is 4.79 Å². The number of para-hydroxylation sites is 2. The Bertz CT molecular complexity index is 1790. The number of nitrogens with zero attached hydrogens (tertiary/aromatic N) is 1. The van der Waals surface area contributed by atoms with Gasteiger partial charge >= 0.3 is 0 Å². The minimum absolute atomic E-state index is 0.0590. The first-order valence-corrected chi connectivity index (χ1v) is 12.3. The average molecular weight is 462 g/mol. The van der Waals surface area contributed by atoms with Crippen LogP contribution in [0.15, 0.2) is 133 Å². The minimum atomic E-state index is -0.0590. The number of hydrogen-bond donors (Lipinski definition) is 0. The summed E-state index contributed by atoms with van der Waals surface area (Å²) in [6.07, 6.45) is 2.09. The molecule has 36 heavy (non-hydrogen) atoms. The molecule has 0 fully saturated rings. The Morgan fingerprint density at radius 1 is 0.611 bits per heavy atom. The number of carbonyl (C=O) groups is 1. The molecule has 0 N–H and O–H groups in total. The summed E-state index contributed by atoms with van der Waals surface area (Å²) in [6.45, 7) is 0. The second-order valence-electron chi connectivity index (χ2n) is 9.32. The SMILES string of the molecule is O=C1C(=Cc2ccc3c(c2)c2ccccc2n3-c2ccccc2)C(c2ccccc2)c2ccccc21. The van der Waals surface area contributed by atoms with E-state index in [1.807, 2.05) is 42.5 Å². The number of rotatable bonds is 3. The molecule has 7 rings (SSSR count). The van der Waals surface area contributed by atoms with E-state index >= 15 is 0 Å². The average Bonchev–Trinajstić information content (AvgIpc) is 3.41. The van der Waals surface area contributed by atoms with Gasteiger partial charge in [0.25, 0.3) is 0 Å². The first-order chi connectivity index (χ1) is 17.8. The lowest BCUT2D eigenvalue weighted by molar-refractivity contribution is 0.103. The second kappa shape index (κ2) is 8.21. The Labute approximate surface area is 209 Å². The van der Waals surface area contributed by atoms with Crippen LogP contribution in [0.5, 0.6) is 0 Å². The monoisotopic (exact) mass is 461 g/mol. The molecule has 1 aliphatic carbocycles.